The number of carbonyl (C=O) groups is 1. The quantitative estimate of drug-likeness (QED) is 0.418. The second-order valence-electron chi connectivity index (χ2n) is 8.99. The molecule has 34 heavy (non-hydrogen) atoms. The molecule has 172 valence electrons. The number of pyridine rings is 1. The predicted octanol–water partition coefficient (Wildman–Crippen LogP) is 4.02. The van der Waals surface area contributed by atoms with E-state index in [1.807, 2.05) is 32.0 Å². The highest BCUT2D eigenvalue weighted by Gasteiger charge is 2.41. The SMILES string of the molecule is CNC(=O)[C@]1(C)CC[C@@H](Nc2ncc3c(Br)nn(-c4cc(C#N)c5nc(C)ccc5c4)c3n2)C1. The van der Waals surface area contributed by atoms with Crippen molar-refractivity contribution in [2.45, 2.75) is 39.2 Å². The summed E-state index contributed by atoms with van der Waals surface area (Å²) in [6.45, 7) is 3.90. The number of carbonyl (C=O) groups excluding carboxylic acids is 1. The minimum atomic E-state index is -0.396. The van der Waals surface area contributed by atoms with Crippen LogP contribution in [-0.2, 0) is 4.79 Å². The van der Waals surface area contributed by atoms with E-state index >= 15 is 0 Å². The summed E-state index contributed by atoms with van der Waals surface area (Å²) in [5.74, 6) is 0.537. The molecule has 1 aliphatic carbocycles. The Balaban J connectivity index is 1.53. The summed E-state index contributed by atoms with van der Waals surface area (Å²) >= 11 is 3.51. The van der Waals surface area contributed by atoms with Crippen molar-refractivity contribution in [2.24, 2.45) is 5.41 Å². The summed E-state index contributed by atoms with van der Waals surface area (Å²) in [6, 6.07) is 9.94. The zero-order valence-corrected chi connectivity index (χ0v) is 20.6. The second kappa shape index (κ2) is 8.33. The van der Waals surface area contributed by atoms with Gasteiger partial charge in [0.1, 0.15) is 10.7 Å². The molecule has 5 rings (SSSR count). The number of amides is 1. The van der Waals surface area contributed by atoms with Crippen molar-refractivity contribution in [2.75, 3.05) is 12.4 Å². The molecule has 1 fully saturated rings. The molecule has 0 bridgehead atoms. The Morgan fingerprint density at radius 1 is 1.32 bits per heavy atom. The Morgan fingerprint density at radius 3 is 2.91 bits per heavy atom. The minimum absolute atomic E-state index is 0.0597. The maximum atomic E-state index is 12.3. The van der Waals surface area contributed by atoms with Gasteiger partial charge < -0.3 is 10.6 Å². The topological polar surface area (TPSA) is 121 Å². The fraction of sp³-hybridized carbons (Fsp3) is 0.333. The maximum Gasteiger partial charge on any atom is 0.225 e. The number of halogens is 1. The highest BCUT2D eigenvalue weighted by molar-refractivity contribution is 9.10. The first-order valence-electron chi connectivity index (χ1n) is 11.0. The van der Waals surface area contributed by atoms with Crippen LogP contribution < -0.4 is 10.6 Å². The predicted molar refractivity (Wildman–Crippen MR) is 133 cm³/mol. The van der Waals surface area contributed by atoms with E-state index in [0.29, 0.717) is 39.4 Å². The normalized spacial score (nSPS) is 19.9. The van der Waals surface area contributed by atoms with E-state index in [1.165, 1.54) is 0 Å². The van der Waals surface area contributed by atoms with Gasteiger partial charge in [-0.3, -0.25) is 9.78 Å². The Hall–Kier alpha value is -3.58. The van der Waals surface area contributed by atoms with Gasteiger partial charge in [0.2, 0.25) is 11.9 Å². The fourth-order valence-corrected chi connectivity index (χ4v) is 5.14. The van der Waals surface area contributed by atoms with Gasteiger partial charge in [0.05, 0.1) is 22.2 Å². The van der Waals surface area contributed by atoms with E-state index in [0.717, 1.165) is 29.3 Å². The molecule has 3 aromatic heterocycles. The van der Waals surface area contributed by atoms with E-state index in [2.05, 4.69) is 47.7 Å². The van der Waals surface area contributed by atoms with E-state index in [-0.39, 0.29) is 11.9 Å². The Bertz CT molecular complexity index is 1490. The standard InChI is InChI=1S/C24H23BrN8O/c1-13-4-5-14-8-17(9-15(11-26)19(14)29-13)33-21-18(20(25)32-33)12-28-23(31-21)30-16-6-7-24(2,10-16)22(34)27-3/h4-5,8-9,12,16H,6-7,10H2,1-3H3,(H,27,34)(H,28,30,31)/t16-,24-/m1/s1. The van der Waals surface area contributed by atoms with Gasteiger partial charge >= 0.3 is 0 Å². The van der Waals surface area contributed by atoms with Crippen molar-refractivity contribution >= 4 is 49.7 Å². The Morgan fingerprint density at radius 2 is 2.15 bits per heavy atom. The highest BCUT2D eigenvalue weighted by atomic mass is 79.9. The first-order valence-corrected chi connectivity index (χ1v) is 11.8. The molecule has 4 aromatic rings. The number of nitriles is 1. The van der Waals surface area contributed by atoms with Crippen LogP contribution in [0.3, 0.4) is 0 Å². The molecule has 1 aromatic carbocycles. The van der Waals surface area contributed by atoms with Gasteiger partial charge in [-0.05, 0) is 60.3 Å². The van der Waals surface area contributed by atoms with Crippen molar-refractivity contribution in [3.8, 4) is 11.8 Å². The highest BCUT2D eigenvalue weighted by Crippen LogP contribution is 2.39. The first-order chi connectivity index (χ1) is 16.3. The molecular weight excluding hydrogens is 496 g/mol. The van der Waals surface area contributed by atoms with Crippen molar-refractivity contribution in [1.29, 1.82) is 5.26 Å². The van der Waals surface area contributed by atoms with Gasteiger partial charge in [0.25, 0.3) is 0 Å². The lowest BCUT2D eigenvalue weighted by Gasteiger charge is -2.22. The number of aryl methyl sites for hydroxylation is 1. The molecular formula is C24H23BrN8O. The number of rotatable bonds is 4. The summed E-state index contributed by atoms with van der Waals surface area (Å²) in [4.78, 5) is 26.0. The van der Waals surface area contributed by atoms with Gasteiger partial charge in [0.15, 0.2) is 5.65 Å². The maximum absolute atomic E-state index is 12.3. The monoisotopic (exact) mass is 518 g/mol. The van der Waals surface area contributed by atoms with Crippen molar-refractivity contribution < 1.29 is 4.79 Å². The Kier molecular flexibility index (Phi) is 5.44. The average Bonchev–Trinajstić information content (AvgIpc) is 3.38. The van der Waals surface area contributed by atoms with E-state index in [9.17, 15) is 10.1 Å². The lowest BCUT2D eigenvalue weighted by atomic mass is 9.87. The number of hydrogen-bond donors (Lipinski definition) is 2. The number of benzene rings is 1. The molecule has 0 aliphatic heterocycles. The molecule has 3 heterocycles. The molecule has 0 saturated heterocycles. The van der Waals surface area contributed by atoms with Crippen LogP contribution >= 0.6 is 15.9 Å². The molecule has 0 unspecified atom stereocenters. The molecule has 1 aliphatic rings. The summed E-state index contributed by atoms with van der Waals surface area (Å²) in [5, 5.41) is 22.1. The molecule has 1 amide bonds. The third-order valence-corrected chi connectivity index (χ3v) is 7.10. The first kappa shape index (κ1) is 22.2. The number of nitrogens with one attached hydrogen (secondary N) is 2. The third-order valence-electron chi connectivity index (χ3n) is 6.51. The van der Waals surface area contributed by atoms with E-state index in [1.54, 1.807) is 24.0 Å². The molecule has 0 radical (unpaired) electrons. The largest absolute Gasteiger partial charge is 0.359 e. The third kappa shape index (κ3) is 3.76. The van der Waals surface area contributed by atoms with Crippen LogP contribution in [0.15, 0.2) is 35.1 Å². The summed E-state index contributed by atoms with van der Waals surface area (Å²) in [6.07, 6.45) is 4.09. The lowest BCUT2D eigenvalue weighted by molar-refractivity contribution is -0.129. The number of nitrogens with zero attached hydrogens (tertiary/aromatic N) is 6. The molecule has 2 N–H and O–H groups in total. The fourth-order valence-electron chi connectivity index (χ4n) is 4.70. The van der Waals surface area contributed by atoms with Crippen molar-refractivity contribution in [3.05, 3.63) is 46.3 Å². The Labute approximate surface area is 204 Å². The number of fused-ring (bicyclic) bond motifs is 2. The van der Waals surface area contributed by atoms with Gasteiger partial charge in [-0.15, -0.1) is 0 Å². The molecule has 9 nitrogen and oxygen atoms in total. The van der Waals surface area contributed by atoms with Crippen molar-refractivity contribution in [3.63, 3.8) is 0 Å². The van der Waals surface area contributed by atoms with Crippen LogP contribution in [0.4, 0.5) is 5.95 Å². The number of aromatic nitrogens is 5. The summed E-state index contributed by atoms with van der Waals surface area (Å²) < 4.78 is 2.32. The van der Waals surface area contributed by atoms with Gasteiger partial charge in [-0.25, -0.2) is 9.67 Å². The van der Waals surface area contributed by atoms with E-state index in [4.69, 9.17) is 4.98 Å². The van der Waals surface area contributed by atoms with Gasteiger partial charge in [-0.2, -0.15) is 15.3 Å². The van der Waals surface area contributed by atoms with Crippen LogP contribution in [0, 0.1) is 23.7 Å². The van der Waals surface area contributed by atoms with Crippen LogP contribution in [-0.4, -0.2) is 43.7 Å². The van der Waals surface area contributed by atoms with Crippen LogP contribution in [0.2, 0.25) is 0 Å². The molecule has 1 saturated carbocycles. The van der Waals surface area contributed by atoms with Gasteiger partial charge in [0, 0.05) is 35.8 Å². The number of anilines is 1. The second-order valence-corrected chi connectivity index (χ2v) is 9.74. The summed E-state index contributed by atoms with van der Waals surface area (Å²) in [5.41, 5.74) is 2.92. The van der Waals surface area contributed by atoms with Crippen molar-refractivity contribution in [1.82, 2.24) is 30.0 Å². The zero-order valence-electron chi connectivity index (χ0n) is 19.1. The summed E-state index contributed by atoms with van der Waals surface area (Å²) in [7, 11) is 1.67. The average molecular weight is 519 g/mol. The van der Waals surface area contributed by atoms with Crippen LogP contribution in [0.5, 0.6) is 0 Å². The minimum Gasteiger partial charge on any atom is -0.359 e. The number of hydrogen-bond acceptors (Lipinski definition) is 7. The van der Waals surface area contributed by atoms with E-state index < -0.39 is 5.41 Å². The zero-order chi connectivity index (χ0) is 24.0. The van der Waals surface area contributed by atoms with Crippen LogP contribution in [0.25, 0.3) is 27.6 Å². The molecule has 10 heteroatoms. The van der Waals surface area contributed by atoms with Gasteiger partial charge in [-0.1, -0.05) is 13.0 Å². The van der Waals surface area contributed by atoms with Crippen LogP contribution in [0.1, 0.15) is 37.4 Å². The molecule has 0 spiro atoms. The molecule has 2 atom stereocenters. The lowest BCUT2D eigenvalue weighted by Crippen LogP contribution is -2.35. The smallest absolute Gasteiger partial charge is 0.225 e.